The average molecular weight is 866 g/mol. The number of phenols is 1. The molecule has 59 heavy (non-hydrogen) atoms. The number of methoxy groups -OCH3 is 1. The number of nitro groups is 2. The Morgan fingerprint density at radius 3 is 2.14 bits per heavy atom. The molecule has 2 saturated heterocycles. The molecule has 0 aromatic heterocycles. The monoisotopic (exact) mass is 864 g/mol. The van der Waals surface area contributed by atoms with Crippen LogP contribution < -0.4 is 20.0 Å². The van der Waals surface area contributed by atoms with Gasteiger partial charge in [-0.1, -0.05) is 75.6 Å². The highest BCUT2D eigenvalue weighted by molar-refractivity contribution is 9.10. The molecule has 0 bridgehead atoms. The standard InChI is InChI=1S/C42H37BrN6O10/c1-21-10-12-24(13-11-21)44-47-39(52)30-20-28-26(35(29-16-23(43)17-33(59-4)37(29)50)42(30,41(47)54)22-8-6-5-7-9-22)14-15-27-34(28)40(53)46(38(27)51)25-18-31(48(55)56)36(45(2)3)32(19-25)49(57)58/h5-14,16-19,27-28,30,34-35,44,50H,15,20H2,1-4H3/t27-,28+,30-,34-,35+,42+/m0/s1. The largest absolute Gasteiger partial charge is 0.504 e. The fraction of sp³-hybridized carbons (Fsp3) is 0.286. The molecule has 2 N–H and O–H groups in total. The summed E-state index contributed by atoms with van der Waals surface area (Å²) < 4.78 is 6.06. The van der Waals surface area contributed by atoms with Crippen LogP contribution in [-0.2, 0) is 24.6 Å². The number of fused-ring (bicyclic) bond motifs is 4. The third-order valence-electron chi connectivity index (χ3n) is 12.1. The molecule has 4 aromatic carbocycles. The highest BCUT2D eigenvalue weighted by Crippen LogP contribution is 2.65. The SMILES string of the molecule is COc1cc(Br)cc([C@H]2C3=CC[C@@H]4C(=O)N(c5cc([N+](=O)[O-])c(N(C)C)c([N+](=O)[O-])c5)C(=O)[C@@H]4[C@@H]3C[C@H]3C(=O)N(Nc4ccc(C)cc4)C(=O)[C@@]23c2ccccc2)c1O. The van der Waals surface area contributed by atoms with E-state index in [-0.39, 0.29) is 41.3 Å². The fourth-order valence-corrected chi connectivity index (χ4v) is 10.2. The molecule has 4 aromatic rings. The number of hydrazine groups is 1. The maximum Gasteiger partial charge on any atom is 0.301 e. The first-order chi connectivity index (χ1) is 28.1. The molecule has 2 heterocycles. The van der Waals surface area contributed by atoms with E-state index in [1.54, 1.807) is 60.7 Å². The van der Waals surface area contributed by atoms with Gasteiger partial charge in [0.15, 0.2) is 17.2 Å². The van der Waals surface area contributed by atoms with E-state index in [0.717, 1.165) is 27.6 Å². The number of aryl methyl sites for hydroxylation is 1. The zero-order chi connectivity index (χ0) is 42.2. The van der Waals surface area contributed by atoms with Crippen molar-refractivity contribution in [1.82, 2.24) is 5.01 Å². The lowest BCUT2D eigenvalue weighted by Gasteiger charge is -2.50. The summed E-state index contributed by atoms with van der Waals surface area (Å²) >= 11 is 3.53. The zero-order valence-electron chi connectivity index (χ0n) is 32.1. The Labute approximate surface area is 345 Å². The summed E-state index contributed by atoms with van der Waals surface area (Å²) in [6.45, 7) is 1.90. The van der Waals surface area contributed by atoms with E-state index in [1.807, 2.05) is 19.1 Å². The second kappa shape index (κ2) is 14.3. The van der Waals surface area contributed by atoms with E-state index in [0.29, 0.717) is 21.3 Å². The van der Waals surface area contributed by atoms with Crippen molar-refractivity contribution in [2.75, 3.05) is 36.4 Å². The van der Waals surface area contributed by atoms with Gasteiger partial charge in [-0.2, -0.15) is 5.01 Å². The van der Waals surface area contributed by atoms with Crippen molar-refractivity contribution in [3.8, 4) is 11.5 Å². The summed E-state index contributed by atoms with van der Waals surface area (Å²) in [5.74, 6) is -8.12. The molecule has 4 aliphatic rings. The van der Waals surface area contributed by atoms with E-state index >= 15 is 4.79 Å². The van der Waals surface area contributed by atoms with Gasteiger partial charge in [-0.3, -0.25) is 44.8 Å². The van der Waals surface area contributed by atoms with Gasteiger partial charge in [-0.25, -0.2) is 4.90 Å². The number of ether oxygens (including phenoxy) is 1. The second-order valence-corrected chi connectivity index (χ2v) is 16.3. The Kier molecular flexibility index (Phi) is 9.53. The number of benzene rings is 4. The minimum Gasteiger partial charge on any atom is -0.504 e. The average Bonchev–Trinajstić information content (AvgIpc) is 3.59. The minimum absolute atomic E-state index is 0.0110. The van der Waals surface area contributed by atoms with Crippen molar-refractivity contribution < 1.29 is 38.9 Å². The van der Waals surface area contributed by atoms with Gasteiger partial charge in [0.1, 0.15) is 0 Å². The second-order valence-electron chi connectivity index (χ2n) is 15.4. The van der Waals surface area contributed by atoms with Gasteiger partial charge in [0, 0.05) is 42.2 Å². The van der Waals surface area contributed by atoms with E-state index < -0.39 is 79.9 Å². The van der Waals surface area contributed by atoms with Crippen molar-refractivity contribution in [3.63, 3.8) is 0 Å². The molecule has 16 nitrogen and oxygen atoms in total. The first-order valence-electron chi connectivity index (χ1n) is 18.7. The van der Waals surface area contributed by atoms with Gasteiger partial charge in [0.05, 0.1) is 51.5 Å². The molecule has 2 aliphatic heterocycles. The first-order valence-corrected chi connectivity index (χ1v) is 19.5. The number of hydrogen-bond acceptors (Lipinski definition) is 12. The summed E-state index contributed by atoms with van der Waals surface area (Å²) in [6.07, 6.45) is 1.70. The van der Waals surface area contributed by atoms with E-state index in [2.05, 4.69) is 21.4 Å². The van der Waals surface area contributed by atoms with Gasteiger partial charge in [-0.15, -0.1) is 0 Å². The molecule has 17 heteroatoms. The van der Waals surface area contributed by atoms with Crippen LogP contribution in [-0.4, -0.2) is 64.8 Å². The van der Waals surface area contributed by atoms with Crippen LogP contribution in [0.5, 0.6) is 11.5 Å². The van der Waals surface area contributed by atoms with Crippen LogP contribution in [0.2, 0.25) is 0 Å². The number of carbonyl (C=O) groups is 4. The number of nitrogens with one attached hydrogen (secondary N) is 1. The molecule has 6 atom stereocenters. The third kappa shape index (κ3) is 5.85. The van der Waals surface area contributed by atoms with Crippen molar-refractivity contribution in [2.45, 2.75) is 31.1 Å². The first kappa shape index (κ1) is 39.2. The molecular formula is C42H37BrN6O10. The molecule has 302 valence electrons. The third-order valence-corrected chi connectivity index (χ3v) is 12.6. The Morgan fingerprint density at radius 2 is 1.54 bits per heavy atom. The number of rotatable bonds is 9. The number of allylic oxidation sites excluding steroid dienone is 2. The highest BCUT2D eigenvalue weighted by atomic mass is 79.9. The molecule has 4 amide bonds. The number of anilines is 3. The summed E-state index contributed by atoms with van der Waals surface area (Å²) in [6, 6.07) is 21.1. The molecule has 0 radical (unpaired) electrons. The Morgan fingerprint density at radius 1 is 0.898 bits per heavy atom. The maximum atomic E-state index is 15.4. The summed E-state index contributed by atoms with van der Waals surface area (Å²) in [5.41, 5.74) is 2.02. The maximum absolute atomic E-state index is 15.4. The number of halogens is 1. The van der Waals surface area contributed by atoms with Gasteiger partial charge in [0.2, 0.25) is 11.8 Å². The highest BCUT2D eigenvalue weighted by Gasteiger charge is 2.71. The molecule has 1 saturated carbocycles. The Bertz CT molecular complexity index is 2490. The lowest BCUT2D eigenvalue weighted by atomic mass is 9.49. The molecule has 8 rings (SSSR count). The minimum atomic E-state index is -1.69. The molecular weight excluding hydrogens is 828 g/mol. The summed E-state index contributed by atoms with van der Waals surface area (Å²) in [7, 11) is 4.19. The summed E-state index contributed by atoms with van der Waals surface area (Å²) in [5, 5.41) is 37.5. The van der Waals surface area contributed by atoms with Gasteiger partial charge in [0.25, 0.3) is 11.8 Å². The molecule has 3 fully saturated rings. The van der Waals surface area contributed by atoms with Crippen LogP contribution in [0.15, 0.2) is 95.0 Å². The van der Waals surface area contributed by atoms with E-state index in [9.17, 15) is 39.7 Å². The van der Waals surface area contributed by atoms with Crippen LogP contribution in [0.25, 0.3) is 0 Å². The molecule has 2 aliphatic carbocycles. The predicted molar refractivity (Wildman–Crippen MR) is 218 cm³/mol. The number of amides is 4. The van der Waals surface area contributed by atoms with Crippen LogP contribution in [0.4, 0.5) is 28.4 Å². The van der Waals surface area contributed by atoms with Gasteiger partial charge >= 0.3 is 11.4 Å². The van der Waals surface area contributed by atoms with Crippen molar-refractivity contribution >= 4 is 68.0 Å². The van der Waals surface area contributed by atoms with Gasteiger partial charge in [-0.05, 0) is 55.5 Å². The van der Waals surface area contributed by atoms with Crippen LogP contribution in [0, 0.1) is 50.8 Å². The van der Waals surface area contributed by atoms with Crippen molar-refractivity contribution in [3.05, 3.63) is 132 Å². The molecule has 0 spiro atoms. The number of nitro benzene ring substituents is 2. The fourth-order valence-electron chi connectivity index (χ4n) is 9.77. The van der Waals surface area contributed by atoms with Crippen molar-refractivity contribution in [1.29, 1.82) is 0 Å². The quantitative estimate of drug-likeness (QED) is 0.0796. The zero-order valence-corrected chi connectivity index (χ0v) is 33.7. The van der Waals surface area contributed by atoms with Crippen molar-refractivity contribution in [2.24, 2.45) is 23.7 Å². The topological polar surface area (TPSA) is 206 Å². The van der Waals surface area contributed by atoms with Crippen LogP contribution in [0.3, 0.4) is 0 Å². The Hall–Kier alpha value is -6.62. The van der Waals surface area contributed by atoms with E-state index in [1.165, 1.54) is 26.1 Å². The van der Waals surface area contributed by atoms with Gasteiger partial charge < -0.3 is 14.7 Å². The number of hydrogen-bond donors (Lipinski definition) is 2. The summed E-state index contributed by atoms with van der Waals surface area (Å²) in [4.78, 5) is 84.5. The number of nitrogens with zero attached hydrogens (tertiary/aromatic N) is 5. The normalized spacial score (nSPS) is 24.6. The predicted octanol–water partition coefficient (Wildman–Crippen LogP) is 6.54. The Balaban J connectivity index is 1.33. The molecule has 0 unspecified atom stereocenters. The number of aromatic hydroxyl groups is 1. The lowest BCUT2D eigenvalue weighted by molar-refractivity contribution is -0.392. The number of phenolic OH excluding ortho intramolecular Hbond substituents is 1. The van der Waals surface area contributed by atoms with Crippen LogP contribution >= 0.6 is 15.9 Å². The van der Waals surface area contributed by atoms with E-state index in [4.69, 9.17) is 4.74 Å². The lowest BCUT2D eigenvalue weighted by Crippen LogP contribution is -2.53. The number of imide groups is 2. The number of carbonyl (C=O) groups excluding carboxylic acids is 4. The smallest absolute Gasteiger partial charge is 0.301 e. The van der Waals surface area contributed by atoms with Crippen LogP contribution in [0.1, 0.15) is 35.4 Å².